The van der Waals surface area contributed by atoms with Gasteiger partial charge in [0.15, 0.2) is 11.5 Å². The van der Waals surface area contributed by atoms with Gasteiger partial charge in [-0.1, -0.05) is 6.07 Å². The molecule has 6 rings (SSSR count). The van der Waals surface area contributed by atoms with Crippen molar-refractivity contribution >= 4 is 34.7 Å². The molecule has 1 amide bonds. The summed E-state index contributed by atoms with van der Waals surface area (Å²) in [7, 11) is 0. The molecule has 2 aliphatic heterocycles. The molecule has 0 spiro atoms. The Labute approximate surface area is 209 Å². The zero-order valence-corrected chi connectivity index (χ0v) is 20.1. The van der Waals surface area contributed by atoms with Gasteiger partial charge in [-0.25, -0.2) is 14.5 Å². The maximum atomic E-state index is 12.9. The van der Waals surface area contributed by atoms with Crippen molar-refractivity contribution in [3.05, 3.63) is 53.9 Å². The van der Waals surface area contributed by atoms with E-state index in [0.29, 0.717) is 49.2 Å². The van der Waals surface area contributed by atoms with Gasteiger partial charge in [-0.05, 0) is 44.4 Å². The fourth-order valence-electron chi connectivity index (χ4n) is 4.93. The van der Waals surface area contributed by atoms with Crippen molar-refractivity contribution in [3.8, 4) is 0 Å². The molecular formula is C24H24F3N9O. The van der Waals surface area contributed by atoms with Gasteiger partial charge in [-0.2, -0.15) is 18.2 Å². The van der Waals surface area contributed by atoms with Gasteiger partial charge >= 0.3 is 6.18 Å². The molecule has 0 saturated carbocycles. The molecule has 1 fully saturated rings. The van der Waals surface area contributed by atoms with E-state index < -0.39 is 17.3 Å². The number of carbonyl (C=O) groups excluding carboxylic acids is 1. The van der Waals surface area contributed by atoms with Crippen LogP contribution in [0, 0.1) is 0 Å². The van der Waals surface area contributed by atoms with Gasteiger partial charge in [-0.15, -0.1) is 5.10 Å². The Balaban J connectivity index is 1.18. The first-order valence-electron chi connectivity index (χ1n) is 11.9. The number of benzene rings is 1. The monoisotopic (exact) mass is 511 g/mol. The number of rotatable bonds is 4. The smallest absolute Gasteiger partial charge is 0.353 e. The average molecular weight is 512 g/mol. The molecule has 0 aliphatic carbocycles. The lowest BCUT2D eigenvalue weighted by molar-refractivity contribution is -0.141. The molecule has 4 aromatic rings. The Bertz CT molecular complexity index is 1500. The highest BCUT2D eigenvalue weighted by Gasteiger charge is 2.38. The van der Waals surface area contributed by atoms with E-state index >= 15 is 0 Å². The minimum Gasteiger partial charge on any atom is -0.353 e. The van der Waals surface area contributed by atoms with Gasteiger partial charge in [0.1, 0.15) is 11.5 Å². The quantitative estimate of drug-likeness (QED) is 0.376. The van der Waals surface area contributed by atoms with Crippen molar-refractivity contribution in [1.82, 2.24) is 29.5 Å². The van der Waals surface area contributed by atoms with Crippen LogP contribution in [0.3, 0.4) is 0 Å². The predicted molar refractivity (Wildman–Crippen MR) is 130 cm³/mol. The molecule has 0 bridgehead atoms. The van der Waals surface area contributed by atoms with Crippen molar-refractivity contribution < 1.29 is 18.0 Å². The number of halogens is 3. The van der Waals surface area contributed by atoms with E-state index in [9.17, 15) is 18.0 Å². The van der Waals surface area contributed by atoms with Crippen LogP contribution in [0.25, 0.3) is 5.65 Å². The first-order chi connectivity index (χ1) is 17.6. The lowest BCUT2D eigenvalue weighted by Crippen LogP contribution is -2.34. The zero-order chi connectivity index (χ0) is 25.9. The average Bonchev–Trinajstić information content (AvgIpc) is 3.56. The van der Waals surface area contributed by atoms with Crippen LogP contribution in [-0.4, -0.2) is 48.5 Å². The van der Waals surface area contributed by atoms with Crippen molar-refractivity contribution in [2.45, 2.75) is 44.2 Å². The third-order valence-corrected chi connectivity index (χ3v) is 7.08. The first-order valence-corrected chi connectivity index (χ1v) is 11.9. The van der Waals surface area contributed by atoms with Gasteiger partial charge in [0.25, 0.3) is 0 Å². The second-order valence-corrected chi connectivity index (χ2v) is 9.86. The lowest BCUT2D eigenvalue weighted by Gasteiger charge is -2.31. The van der Waals surface area contributed by atoms with Gasteiger partial charge in [0.05, 0.1) is 11.6 Å². The summed E-state index contributed by atoms with van der Waals surface area (Å²) in [5, 5.41) is 10.6. The normalized spacial score (nSPS) is 17.8. The Morgan fingerprint density at radius 1 is 1.16 bits per heavy atom. The van der Waals surface area contributed by atoms with Crippen molar-refractivity contribution in [1.29, 1.82) is 0 Å². The Morgan fingerprint density at radius 2 is 1.95 bits per heavy atom. The highest BCUT2D eigenvalue weighted by Crippen LogP contribution is 2.39. The number of H-pyrrole nitrogens is 1. The number of nitrogens with one attached hydrogen (secondary N) is 3. The molecular weight excluding hydrogens is 487 g/mol. The van der Waals surface area contributed by atoms with Crippen molar-refractivity contribution in [2.75, 3.05) is 28.6 Å². The molecule has 5 heterocycles. The molecule has 1 aromatic carbocycles. The summed E-state index contributed by atoms with van der Waals surface area (Å²) in [6.45, 7) is 4.96. The fourth-order valence-corrected chi connectivity index (χ4v) is 4.93. The van der Waals surface area contributed by atoms with Crippen LogP contribution in [0.4, 0.5) is 36.3 Å². The number of aromatic nitrogens is 6. The molecule has 0 unspecified atom stereocenters. The number of anilines is 4. The third kappa shape index (κ3) is 4.03. The van der Waals surface area contributed by atoms with Crippen molar-refractivity contribution in [2.24, 2.45) is 0 Å². The zero-order valence-electron chi connectivity index (χ0n) is 20.1. The molecule has 3 aromatic heterocycles. The van der Waals surface area contributed by atoms with Crippen LogP contribution in [0.5, 0.6) is 0 Å². The molecule has 192 valence electrons. The second kappa shape index (κ2) is 8.18. The summed E-state index contributed by atoms with van der Waals surface area (Å²) in [6.07, 6.45) is 1.02. The molecule has 1 saturated heterocycles. The minimum absolute atomic E-state index is 0.0437. The molecule has 13 heteroatoms. The first kappa shape index (κ1) is 23.3. The van der Waals surface area contributed by atoms with E-state index in [1.54, 1.807) is 16.9 Å². The number of piperidine rings is 1. The van der Waals surface area contributed by atoms with Gasteiger partial charge in [0, 0.05) is 42.8 Å². The molecule has 37 heavy (non-hydrogen) atoms. The highest BCUT2D eigenvalue weighted by atomic mass is 19.4. The second-order valence-electron chi connectivity index (χ2n) is 9.86. The minimum atomic E-state index is -4.44. The Morgan fingerprint density at radius 3 is 2.68 bits per heavy atom. The topological polar surface area (TPSA) is 116 Å². The number of amides is 1. The van der Waals surface area contributed by atoms with Crippen LogP contribution in [-0.2, 0) is 16.4 Å². The van der Waals surface area contributed by atoms with Gasteiger partial charge in [0.2, 0.25) is 11.9 Å². The van der Waals surface area contributed by atoms with E-state index in [0.717, 1.165) is 23.1 Å². The number of alkyl halides is 3. The number of hydrogen-bond acceptors (Lipinski definition) is 7. The largest absolute Gasteiger partial charge is 0.432 e. The van der Waals surface area contributed by atoms with Crippen LogP contribution in [0.15, 0.2) is 36.8 Å². The third-order valence-electron chi connectivity index (χ3n) is 7.08. The Kier molecular flexibility index (Phi) is 5.14. The summed E-state index contributed by atoms with van der Waals surface area (Å²) < 4.78 is 40.4. The van der Waals surface area contributed by atoms with E-state index in [1.807, 2.05) is 32.0 Å². The van der Waals surface area contributed by atoms with E-state index in [2.05, 4.69) is 40.6 Å². The maximum Gasteiger partial charge on any atom is 0.432 e. The van der Waals surface area contributed by atoms with Crippen molar-refractivity contribution in [3.63, 3.8) is 0 Å². The summed E-state index contributed by atoms with van der Waals surface area (Å²) in [6, 6.07) is 5.66. The molecule has 3 N–H and O–H groups in total. The summed E-state index contributed by atoms with van der Waals surface area (Å²) >= 11 is 0. The fraction of sp³-hybridized carbons (Fsp3) is 0.375. The van der Waals surface area contributed by atoms with E-state index in [1.165, 1.54) is 0 Å². The summed E-state index contributed by atoms with van der Waals surface area (Å²) in [5.74, 6) is 1.26. The highest BCUT2D eigenvalue weighted by molar-refractivity contribution is 6.06. The number of fused-ring (bicyclic) bond motifs is 2. The number of imidazole rings is 1. The van der Waals surface area contributed by atoms with E-state index in [-0.39, 0.29) is 11.8 Å². The number of hydrogen-bond donors (Lipinski definition) is 3. The number of carbonyl (C=O) groups is 1. The molecule has 2 aliphatic rings. The molecule has 0 atom stereocenters. The summed E-state index contributed by atoms with van der Waals surface area (Å²) in [5.41, 5.74) is 1.59. The maximum absolute atomic E-state index is 12.9. The summed E-state index contributed by atoms with van der Waals surface area (Å²) in [4.78, 5) is 29.8. The van der Waals surface area contributed by atoms with Gasteiger partial charge in [-0.3, -0.25) is 4.79 Å². The predicted octanol–water partition coefficient (Wildman–Crippen LogP) is 4.22. The van der Waals surface area contributed by atoms with Crippen LogP contribution < -0.4 is 15.5 Å². The molecule has 0 radical (unpaired) electrons. The lowest BCUT2D eigenvalue weighted by atomic mass is 9.86. The number of nitrogens with zero attached hydrogens (tertiary/aromatic N) is 6. The van der Waals surface area contributed by atoms with E-state index in [4.69, 9.17) is 0 Å². The SMILES string of the molecule is CC1(C)C(=O)Nc2cc(Nc3nc4c(N5CCC(c6ncc(C(F)(F)F)[nH]6)CC5)nccn4n3)ccc21. The number of aromatic amines is 1. The van der Waals surface area contributed by atoms with Crippen LogP contribution in [0.2, 0.25) is 0 Å². The van der Waals surface area contributed by atoms with Crippen LogP contribution in [0.1, 0.15) is 49.7 Å². The van der Waals surface area contributed by atoms with Gasteiger partial charge < -0.3 is 20.5 Å². The Hall–Kier alpha value is -4.16. The molecule has 10 nitrogen and oxygen atoms in total. The standard InChI is InChI=1S/C24H24F3N9O/c1-23(2)15-4-3-14(11-16(15)31-21(23)37)30-22-33-20-19(28-7-10-36(20)34-22)35-8-5-13(6-9-35)18-29-12-17(32-18)24(25,26)27/h3-4,7,10-13H,5-6,8-9H2,1-2H3,(H,29,32)(H,30,34)(H,31,37). The van der Waals surface area contributed by atoms with Crippen LogP contribution >= 0.6 is 0 Å².